The number of hydrogen-bond donors (Lipinski definition) is 0. The molecule has 1 N–H and O–H groups in total. The smallest absolute Gasteiger partial charge is 0.137 e. The Morgan fingerprint density at radius 1 is 0.536 bits per heavy atom. The highest BCUT2D eigenvalue weighted by Crippen LogP contribution is 2.34. The molecule has 0 spiro atoms. The molecule has 0 heterocycles. The van der Waals surface area contributed by atoms with E-state index in [4.69, 9.17) is 0 Å². The second kappa shape index (κ2) is 14.4. The first-order chi connectivity index (χ1) is 13.3. The van der Waals surface area contributed by atoms with Crippen LogP contribution in [0.5, 0.6) is 0 Å². The Morgan fingerprint density at radius 3 is 1.32 bits per heavy atom. The first-order valence-electron chi connectivity index (χ1n) is 11.3. The summed E-state index contributed by atoms with van der Waals surface area (Å²) in [6, 6.07) is 22.2. The van der Waals surface area contributed by atoms with Crippen molar-refractivity contribution in [2.75, 3.05) is 13.1 Å². The summed E-state index contributed by atoms with van der Waals surface area (Å²) in [5.74, 6) is 0. The van der Waals surface area contributed by atoms with Gasteiger partial charge in [-0.25, -0.2) is 0 Å². The number of quaternary nitrogens is 1. The van der Waals surface area contributed by atoms with Crippen LogP contribution in [0, 0.1) is 0 Å². The Bertz CT molecular complexity index is 557. The van der Waals surface area contributed by atoms with Gasteiger partial charge in [-0.15, -0.1) is 0 Å². The molecule has 156 valence electrons. The lowest BCUT2D eigenvalue weighted by Gasteiger charge is -2.37. The van der Waals surface area contributed by atoms with E-state index in [2.05, 4.69) is 74.5 Å². The molecule has 0 aliphatic heterocycles. The highest BCUT2D eigenvalue weighted by atomic mass is 16.0. The molecule has 0 radical (unpaired) electrons. The molecule has 0 unspecified atom stereocenters. The molecule has 0 aliphatic rings. The highest BCUT2D eigenvalue weighted by Gasteiger charge is 2.30. The van der Waals surface area contributed by atoms with E-state index in [9.17, 15) is 0 Å². The number of benzene rings is 2. The van der Waals surface area contributed by atoms with Crippen LogP contribution in [0.2, 0.25) is 0 Å². The second-order valence-corrected chi connectivity index (χ2v) is 7.86. The third-order valence-corrected chi connectivity index (χ3v) is 5.93. The van der Waals surface area contributed by atoms with Crippen LogP contribution in [0.15, 0.2) is 60.7 Å². The van der Waals surface area contributed by atoms with Crippen LogP contribution in [0.1, 0.15) is 78.1 Å². The van der Waals surface area contributed by atoms with Crippen molar-refractivity contribution in [3.05, 3.63) is 60.7 Å². The van der Waals surface area contributed by atoms with E-state index in [0.717, 1.165) is 11.0 Å². The van der Waals surface area contributed by atoms with E-state index in [1.165, 1.54) is 82.1 Å². The van der Waals surface area contributed by atoms with Crippen molar-refractivity contribution in [3.63, 3.8) is 0 Å². The molecule has 2 rings (SSSR count). The van der Waals surface area contributed by atoms with Crippen LogP contribution in [0.4, 0.5) is 11.4 Å². The first-order valence-corrected chi connectivity index (χ1v) is 11.3. The zero-order valence-corrected chi connectivity index (χ0v) is 18.2. The third-order valence-electron chi connectivity index (χ3n) is 5.93. The van der Waals surface area contributed by atoms with Gasteiger partial charge in [0.05, 0.1) is 13.1 Å². The fourth-order valence-electron chi connectivity index (χ4n) is 4.23. The van der Waals surface area contributed by atoms with Gasteiger partial charge in [0.2, 0.25) is 0 Å². The van der Waals surface area contributed by atoms with Crippen LogP contribution < -0.4 is 4.48 Å². The summed E-state index contributed by atoms with van der Waals surface area (Å²) in [6.45, 7) is 6.92. The molecule has 0 saturated carbocycles. The monoisotopic (exact) mass is 383 g/mol. The number of unbranched alkanes of at least 4 members (excludes halogenated alkanes) is 9. The van der Waals surface area contributed by atoms with Crippen molar-refractivity contribution in [1.29, 1.82) is 0 Å². The van der Waals surface area contributed by atoms with E-state index in [1.807, 2.05) is 0 Å². The molecular weight excluding hydrogens is 342 g/mol. The Morgan fingerprint density at radius 2 is 0.929 bits per heavy atom. The predicted molar refractivity (Wildman–Crippen MR) is 124 cm³/mol. The Labute approximate surface area is 173 Å². The molecule has 2 aromatic carbocycles. The maximum atomic E-state index is 2.33. The largest absolute Gasteiger partial charge is 0.870 e. The molecule has 2 aromatic rings. The normalized spacial score (nSPS) is 11.2. The molecule has 2 heteroatoms. The molecular formula is C26H41NO. The average molecular weight is 384 g/mol. The fraction of sp³-hybridized carbons (Fsp3) is 0.538. The van der Waals surface area contributed by atoms with Crippen molar-refractivity contribution < 1.29 is 5.48 Å². The van der Waals surface area contributed by atoms with Gasteiger partial charge in [-0.1, -0.05) is 94.7 Å². The summed E-state index contributed by atoms with van der Waals surface area (Å²) in [7, 11) is 0. The minimum Gasteiger partial charge on any atom is -0.870 e. The standard InChI is InChI=1S/C26H40N.H2O/c1-3-5-6-7-8-9-10-11-12-19-24-27(4-2,25-20-15-13-16-21-25)26-22-17-14-18-23-26;/h13-18,20-23H,3-12,19,24H2,1-2H3;1H2/q+1;/p-1. The number of nitrogens with zero attached hydrogens (tertiary/aromatic N) is 1. The Kier molecular flexibility index (Phi) is 12.5. The number of hydrogen-bond acceptors (Lipinski definition) is 1. The van der Waals surface area contributed by atoms with E-state index in [1.54, 1.807) is 0 Å². The van der Waals surface area contributed by atoms with Crippen LogP contribution in [-0.2, 0) is 0 Å². The van der Waals surface area contributed by atoms with Gasteiger partial charge in [0, 0.05) is 0 Å². The van der Waals surface area contributed by atoms with Gasteiger partial charge in [0.15, 0.2) is 0 Å². The van der Waals surface area contributed by atoms with Crippen molar-refractivity contribution >= 4 is 11.4 Å². The van der Waals surface area contributed by atoms with Gasteiger partial charge in [0.25, 0.3) is 0 Å². The molecule has 0 bridgehead atoms. The van der Waals surface area contributed by atoms with Gasteiger partial charge < -0.3 is 5.48 Å². The molecule has 0 fully saturated rings. The lowest BCUT2D eigenvalue weighted by atomic mass is 10.1. The molecule has 0 aliphatic carbocycles. The van der Waals surface area contributed by atoms with Gasteiger partial charge in [-0.2, -0.15) is 0 Å². The predicted octanol–water partition coefficient (Wildman–Crippen LogP) is 8.09. The van der Waals surface area contributed by atoms with Crippen molar-refractivity contribution in [3.8, 4) is 0 Å². The summed E-state index contributed by atoms with van der Waals surface area (Å²) in [4.78, 5) is 0. The fourth-order valence-corrected chi connectivity index (χ4v) is 4.23. The van der Waals surface area contributed by atoms with Gasteiger partial charge >= 0.3 is 0 Å². The van der Waals surface area contributed by atoms with Crippen LogP contribution in [-0.4, -0.2) is 18.6 Å². The zero-order chi connectivity index (χ0) is 19.2. The Balaban J connectivity index is 0.00000392. The lowest BCUT2D eigenvalue weighted by Crippen LogP contribution is -2.44. The molecule has 2 nitrogen and oxygen atoms in total. The van der Waals surface area contributed by atoms with Crippen LogP contribution >= 0.6 is 0 Å². The molecule has 28 heavy (non-hydrogen) atoms. The zero-order valence-electron chi connectivity index (χ0n) is 18.2. The molecule has 0 saturated heterocycles. The van der Waals surface area contributed by atoms with Crippen LogP contribution in [0.3, 0.4) is 0 Å². The first kappa shape index (κ1) is 24.4. The van der Waals surface area contributed by atoms with Crippen LogP contribution in [0.25, 0.3) is 0 Å². The summed E-state index contributed by atoms with van der Waals surface area (Å²) >= 11 is 0. The average Bonchev–Trinajstić information content (AvgIpc) is 2.74. The van der Waals surface area contributed by atoms with E-state index in [0.29, 0.717) is 0 Å². The van der Waals surface area contributed by atoms with E-state index >= 15 is 0 Å². The van der Waals surface area contributed by atoms with Crippen molar-refractivity contribution in [1.82, 2.24) is 4.48 Å². The molecule has 0 amide bonds. The lowest BCUT2D eigenvalue weighted by molar-refractivity contribution is 0.382. The highest BCUT2D eigenvalue weighted by molar-refractivity contribution is 5.58. The summed E-state index contributed by atoms with van der Waals surface area (Å²) in [5, 5.41) is 0. The Hall–Kier alpha value is -1.64. The van der Waals surface area contributed by atoms with Crippen molar-refractivity contribution in [2.24, 2.45) is 0 Å². The minimum absolute atomic E-state index is 0. The summed E-state index contributed by atoms with van der Waals surface area (Å²) < 4.78 is 0.971. The number of para-hydroxylation sites is 2. The van der Waals surface area contributed by atoms with E-state index < -0.39 is 0 Å². The molecule has 0 atom stereocenters. The third kappa shape index (κ3) is 7.41. The van der Waals surface area contributed by atoms with Gasteiger partial charge in [-0.3, -0.25) is 4.48 Å². The topological polar surface area (TPSA) is 30.0 Å². The van der Waals surface area contributed by atoms with Crippen molar-refractivity contribution in [2.45, 2.75) is 78.1 Å². The maximum Gasteiger partial charge on any atom is 0.137 e. The summed E-state index contributed by atoms with van der Waals surface area (Å²) in [6.07, 6.45) is 13.9. The minimum atomic E-state index is 0. The summed E-state index contributed by atoms with van der Waals surface area (Å²) in [5.41, 5.74) is 2.84. The molecule has 0 aromatic heterocycles. The SMILES string of the molecule is CCCCCCCCCCCC[N+](CC)(c1ccccc1)c1ccccc1.[OH-]. The second-order valence-electron chi connectivity index (χ2n) is 7.86. The van der Waals surface area contributed by atoms with Gasteiger partial charge in [-0.05, 0) is 44.0 Å². The quantitative estimate of drug-likeness (QED) is 0.239. The van der Waals surface area contributed by atoms with E-state index in [-0.39, 0.29) is 5.48 Å². The van der Waals surface area contributed by atoms with Gasteiger partial charge in [0.1, 0.15) is 11.4 Å². The maximum absolute atomic E-state index is 2.33. The number of rotatable bonds is 14.